The Morgan fingerprint density at radius 2 is 2.31 bits per heavy atom. The van der Waals surface area contributed by atoms with Crippen LogP contribution in [0.2, 0.25) is 0 Å². The van der Waals surface area contributed by atoms with Gasteiger partial charge in [0.05, 0.1) is 11.4 Å². The highest BCUT2D eigenvalue weighted by Gasteiger charge is 2.01. The van der Waals surface area contributed by atoms with Gasteiger partial charge in [-0.05, 0) is 23.8 Å². The molecule has 1 rings (SSSR count). The molecule has 3 heteroatoms. The number of thiophene rings is 1. The van der Waals surface area contributed by atoms with Crippen LogP contribution in [0.25, 0.3) is 0 Å². The molecule has 16 heavy (non-hydrogen) atoms. The first-order valence-electron chi connectivity index (χ1n) is 5.61. The van der Waals surface area contributed by atoms with E-state index in [2.05, 4.69) is 37.8 Å². The number of thioether (sulfide) groups is 1. The zero-order valence-electron chi connectivity index (χ0n) is 9.95. The van der Waals surface area contributed by atoms with Crippen LogP contribution in [0.4, 0.5) is 0 Å². The van der Waals surface area contributed by atoms with Gasteiger partial charge in [-0.2, -0.15) is 11.8 Å². The van der Waals surface area contributed by atoms with Crippen LogP contribution < -0.4 is 5.73 Å². The molecular formula is C13H19NS2. The lowest BCUT2D eigenvalue weighted by molar-refractivity contribution is 0.637. The second-order valence-electron chi connectivity index (χ2n) is 3.80. The number of rotatable bonds is 5. The fourth-order valence-corrected chi connectivity index (χ4v) is 3.36. The second-order valence-corrected chi connectivity index (χ2v) is 6.00. The topological polar surface area (TPSA) is 26.0 Å². The molecule has 0 radical (unpaired) electrons. The minimum atomic E-state index is 0.440. The summed E-state index contributed by atoms with van der Waals surface area (Å²) < 4.78 is 0. The summed E-state index contributed by atoms with van der Waals surface area (Å²) in [4.78, 5) is 2.54. The van der Waals surface area contributed by atoms with E-state index in [0.717, 1.165) is 16.5 Å². The van der Waals surface area contributed by atoms with Crippen LogP contribution >= 0.6 is 23.1 Å². The highest BCUT2D eigenvalue weighted by atomic mass is 32.2. The Kier molecular flexibility index (Phi) is 6.63. The van der Waals surface area contributed by atoms with Gasteiger partial charge in [-0.25, -0.2) is 0 Å². The van der Waals surface area contributed by atoms with Crippen molar-refractivity contribution in [3.8, 4) is 11.8 Å². The zero-order chi connectivity index (χ0) is 11.8. The Hall–Kier alpha value is -0.430. The van der Waals surface area contributed by atoms with Crippen LogP contribution in [0.15, 0.2) is 12.1 Å². The van der Waals surface area contributed by atoms with Gasteiger partial charge in [0.1, 0.15) is 0 Å². The zero-order valence-corrected chi connectivity index (χ0v) is 11.6. The summed E-state index contributed by atoms with van der Waals surface area (Å²) in [6.45, 7) is 4.99. The van der Waals surface area contributed by atoms with Crippen LogP contribution in [-0.2, 0) is 5.75 Å². The van der Waals surface area contributed by atoms with Gasteiger partial charge in [0.15, 0.2) is 0 Å². The molecule has 1 nitrogen and oxygen atoms in total. The molecular weight excluding hydrogens is 234 g/mol. The van der Waals surface area contributed by atoms with Gasteiger partial charge in [0, 0.05) is 10.6 Å². The third-order valence-electron chi connectivity index (χ3n) is 2.32. The predicted molar refractivity (Wildman–Crippen MR) is 75.9 cm³/mol. The maximum absolute atomic E-state index is 5.34. The second kappa shape index (κ2) is 7.78. The monoisotopic (exact) mass is 253 g/mol. The fraction of sp³-hybridized carbons (Fsp3) is 0.538. The number of nitrogens with two attached hydrogens (primary N) is 1. The van der Waals surface area contributed by atoms with E-state index in [9.17, 15) is 0 Å². The molecule has 1 aromatic heterocycles. The first-order valence-corrected chi connectivity index (χ1v) is 7.58. The molecule has 0 aliphatic heterocycles. The summed E-state index contributed by atoms with van der Waals surface area (Å²) in [7, 11) is 0. The molecule has 0 saturated heterocycles. The average Bonchev–Trinajstić information content (AvgIpc) is 2.74. The standard InChI is InChI=1S/C13H19NS2/c1-3-11(2)9-15-10-13-7-6-12(16-13)5-4-8-14/h6-7,11H,3,8-10,14H2,1-2H3. The minimum absolute atomic E-state index is 0.440. The van der Waals surface area contributed by atoms with Crippen LogP contribution in [0, 0.1) is 17.8 Å². The molecule has 1 aromatic rings. The van der Waals surface area contributed by atoms with Gasteiger partial charge in [0.25, 0.3) is 0 Å². The van der Waals surface area contributed by atoms with Gasteiger partial charge in [-0.3, -0.25) is 0 Å². The van der Waals surface area contributed by atoms with Crippen LogP contribution in [0.3, 0.4) is 0 Å². The summed E-state index contributed by atoms with van der Waals surface area (Å²) in [5.41, 5.74) is 5.34. The van der Waals surface area contributed by atoms with Crippen LogP contribution in [-0.4, -0.2) is 12.3 Å². The molecule has 0 aliphatic carbocycles. The summed E-state index contributed by atoms with van der Waals surface area (Å²) in [6, 6.07) is 4.27. The predicted octanol–water partition coefficient (Wildman–Crippen LogP) is 3.34. The maximum atomic E-state index is 5.34. The van der Waals surface area contributed by atoms with E-state index >= 15 is 0 Å². The van der Waals surface area contributed by atoms with Gasteiger partial charge >= 0.3 is 0 Å². The summed E-state index contributed by atoms with van der Waals surface area (Å²) in [5, 5.41) is 0. The van der Waals surface area contributed by atoms with E-state index in [1.165, 1.54) is 17.1 Å². The van der Waals surface area contributed by atoms with Crippen molar-refractivity contribution in [3.63, 3.8) is 0 Å². The minimum Gasteiger partial charge on any atom is -0.320 e. The molecule has 1 heterocycles. The van der Waals surface area contributed by atoms with E-state index in [1.807, 2.05) is 11.8 Å². The molecule has 0 fully saturated rings. The first kappa shape index (κ1) is 13.6. The van der Waals surface area contributed by atoms with Crippen molar-refractivity contribution in [1.29, 1.82) is 0 Å². The van der Waals surface area contributed by atoms with Gasteiger partial charge < -0.3 is 5.73 Å². The van der Waals surface area contributed by atoms with E-state index in [0.29, 0.717) is 6.54 Å². The van der Waals surface area contributed by atoms with Gasteiger partial charge in [-0.1, -0.05) is 32.1 Å². The summed E-state index contributed by atoms with van der Waals surface area (Å²) in [5.74, 6) is 9.13. The highest BCUT2D eigenvalue weighted by molar-refractivity contribution is 7.98. The lowest BCUT2D eigenvalue weighted by Crippen LogP contribution is -1.95. The van der Waals surface area contributed by atoms with E-state index < -0.39 is 0 Å². The maximum Gasteiger partial charge on any atom is 0.0772 e. The highest BCUT2D eigenvalue weighted by Crippen LogP contribution is 2.22. The molecule has 0 aromatic carbocycles. The van der Waals surface area contributed by atoms with Crippen molar-refractivity contribution in [3.05, 3.63) is 21.9 Å². The largest absolute Gasteiger partial charge is 0.320 e. The smallest absolute Gasteiger partial charge is 0.0772 e. The molecule has 88 valence electrons. The quantitative estimate of drug-likeness (QED) is 0.815. The van der Waals surface area contributed by atoms with Crippen LogP contribution in [0.5, 0.6) is 0 Å². The van der Waals surface area contributed by atoms with E-state index in [-0.39, 0.29) is 0 Å². The summed E-state index contributed by atoms with van der Waals surface area (Å²) >= 11 is 3.80. The molecule has 0 saturated carbocycles. The normalized spacial score (nSPS) is 11.9. The molecule has 0 amide bonds. The Morgan fingerprint density at radius 3 is 3.00 bits per heavy atom. The number of hydrogen-bond acceptors (Lipinski definition) is 3. The molecule has 1 unspecified atom stereocenters. The van der Waals surface area contributed by atoms with Crippen molar-refractivity contribution >= 4 is 23.1 Å². The van der Waals surface area contributed by atoms with Crippen molar-refractivity contribution in [2.45, 2.75) is 26.0 Å². The van der Waals surface area contributed by atoms with E-state index in [4.69, 9.17) is 5.73 Å². The SMILES string of the molecule is CCC(C)CSCc1ccc(C#CCN)s1. The average molecular weight is 253 g/mol. The Balaban J connectivity index is 2.35. The van der Waals surface area contributed by atoms with E-state index in [1.54, 1.807) is 11.3 Å². The Labute approximate surface area is 107 Å². The Morgan fingerprint density at radius 1 is 1.50 bits per heavy atom. The first-order chi connectivity index (χ1) is 7.76. The van der Waals surface area contributed by atoms with Crippen molar-refractivity contribution < 1.29 is 0 Å². The van der Waals surface area contributed by atoms with Gasteiger partial charge in [-0.15, -0.1) is 11.3 Å². The lowest BCUT2D eigenvalue weighted by atomic mass is 10.2. The third kappa shape index (κ3) is 5.07. The number of hydrogen-bond donors (Lipinski definition) is 1. The third-order valence-corrected chi connectivity index (χ3v) is 4.82. The Bertz CT molecular complexity index is 359. The summed E-state index contributed by atoms with van der Waals surface area (Å²) in [6.07, 6.45) is 1.27. The molecule has 0 aliphatic rings. The van der Waals surface area contributed by atoms with Crippen molar-refractivity contribution in [1.82, 2.24) is 0 Å². The molecule has 0 bridgehead atoms. The lowest BCUT2D eigenvalue weighted by Gasteiger charge is -2.06. The van der Waals surface area contributed by atoms with Crippen molar-refractivity contribution in [2.75, 3.05) is 12.3 Å². The van der Waals surface area contributed by atoms with Crippen molar-refractivity contribution in [2.24, 2.45) is 11.7 Å². The van der Waals surface area contributed by atoms with Crippen LogP contribution in [0.1, 0.15) is 30.0 Å². The fourth-order valence-electron chi connectivity index (χ4n) is 1.14. The molecule has 1 atom stereocenters. The molecule has 0 spiro atoms. The molecule has 2 N–H and O–H groups in total. The van der Waals surface area contributed by atoms with Gasteiger partial charge in [0.2, 0.25) is 0 Å².